The monoisotopic (exact) mass is 397 g/mol. The Morgan fingerprint density at radius 2 is 1.62 bits per heavy atom. The average molecular weight is 397 g/mol. The zero-order valence-corrected chi connectivity index (χ0v) is 17.0. The summed E-state index contributed by atoms with van der Waals surface area (Å²) < 4.78 is 10.8. The number of aliphatic carboxylic acids is 1. The predicted octanol–water partition coefficient (Wildman–Crippen LogP) is 4.34. The van der Waals surface area contributed by atoms with Crippen LogP contribution in [0.3, 0.4) is 0 Å². The van der Waals surface area contributed by atoms with Gasteiger partial charge in [-0.15, -0.1) is 0 Å². The Bertz CT molecular complexity index is 885. The molecule has 0 aromatic heterocycles. The Kier molecular flexibility index (Phi) is 6.11. The number of carbonyl (C=O) groups is 2. The molecule has 2 aromatic rings. The molecule has 0 aliphatic heterocycles. The number of carboxylic acids is 1. The number of rotatable bonds is 7. The number of hydrogen-bond acceptors (Lipinski definition) is 4. The molecule has 29 heavy (non-hydrogen) atoms. The summed E-state index contributed by atoms with van der Waals surface area (Å²) in [5.74, 6) is -0.280. The van der Waals surface area contributed by atoms with E-state index >= 15 is 0 Å². The number of carbonyl (C=O) groups excluding carboxylic acids is 1. The fraction of sp³-hybridized carbons (Fsp3) is 0.391. The lowest BCUT2D eigenvalue weighted by Gasteiger charge is -2.29. The summed E-state index contributed by atoms with van der Waals surface area (Å²) in [5.41, 5.74) is 1.65. The summed E-state index contributed by atoms with van der Waals surface area (Å²) in [6, 6.07) is 12.7. The summed E-state index contributed by atoms with van der Waals surface area (Å²) in [6.07, 6.45) is 3.50. The van der Waals surface area contributed by atoms with Gasteiger partial charge in [-0.3, -0.25) is 9.59 Å². The highest BCUT2D eigenvalue weighted by Gasteiger charge is 2.43. The van der Waals surface area contributed by atoms with Crippen molar-refractivity contribution in [3.63, 3.8) is 0 Å². The van der Waals surface area contributed by atoms with E-state index in [4.69, 9.17) is 14.6 Å². The first-order chi connectivity index (χ1) is 13.9. The SMILES string of the molecule is COc1ccc(C2(C(=O)Nc3ccc(C(C)C(=O)O)cc3)CCCC2)cc1OC. The first-order valence-corrected chi connectivity index (χ1v) is 9.78. The molecule has 1 aliphatic carbocycles. The van der Waals surface area contributed by atoms with Gasteiger partial charge in [0.25, 0.3) is 0 Å². The molecule has 6 nitrogen and oxygen atoms in total. The van der Waals surface area contributed by atoms with Gasteiger partial charge in [-0.1, -0.05) is 31.0 Å². The van der Waals surface area contributed by atoms with Gasteiger partial charge < -0.3 is 19.9 Å². The highest BCUT2D eigenvalue weighted by Crippen LogP contribution is 2.44. The van der Waals surface area contributed by atoms with E-state index in [0.717, 1.165) is 31.2 Å². The van der Waals surface area contributed by atoms with Gasteiger partial charge in [-0.2, -0.15) is 0 Å². The van der Waals surface area contributed by atoms with Crippen LogP contribution >= 0.6 is 0 Å². The largest absolute Gasteiger partial charge is 0.493 e. The van der Waals surface area contributed by atoms with Gasteiger partial charge in [0.05, 0.1) is 25.6 Å². The molecule has 0 radical (unpaired) electrons. The second-order valence-corrected chi connectivity index (χ2v) is 7.50. The number of benzene rings is 2. The molecule has 1 fully saturated rings. The molecule has 1 amide bonds. The summed E-state index contributed by atoms with van der Waals surface area (Å²) >= 11 is 0. The number of amides is 1. The number of methoxy groups -OCH3 is 2. The lowest BCUT2D eigenvalue weighted by Crippen LogP contribution is -2.38. The molecule has 6 heteroatoms. The molecule has 3 rings (SSSR count). The molecule has 2 N–H and O–H groups in total. The number of nitrogens with one attached hydrogen (secondary N) is 1. The standard InChI is InChI=1S/C23H27NO5/c1-15(21(25)26)16-6-9-18(10-7-16)24-22(27)23(12-4-5-13-23)17-8-11-19(28-2)20(14-17)29-3/h6-11,14-15H,4-5,12-13H2,1-3H3,(H,24,27)(H,25,26). The topological polar surface area (TPSA) is 84.9 Å². The van der Waals surface area contributed by atoms with E-state index < -0.39 is 17.3 Å². The maximum atomic E-state index is 13.3. The van der Waals surface area contributed by atoms with E-state index in [1.807, 2.05) is 18.2 Å². The van der Waals surface area contributed by atoms with Gasteiger partial charge in [-0.05, 0) is 55.2 Å². The van der Waals surface area contributed by atoms with Crippen LogP contribution < -0.4 is 14.8 Å². The zero-order chi connectivity index (χ0) is 21.0. The Morgan fingerprint density at radius 3 is 2.17 bits per heavy atom. The Hall–Kier alpha value is -3.02. The van der Waals surface area contributed by atoms with E-state index in [-0.39, 0.29) is 5.91 Å². The van der Waals surface area contributed by atoms with Crippen LogP contribution in [0.15, 0.2) is 42.5 Å². The van der Waals surface area contributed by atoms with Crippen LogP contribution in [0.1, 0.15) is 49.7 Å². The third-order valence-electron chi connectivity index (χ3n) is 5.87. The summed E-state index contributed by atoms with van der Waals surface area (Å²) in [6.45, 7) is 1.64. The van der Waals surface area contributed by atoms with Crippen molar-refractivity contribution >= 4 is 17.6 Å². The van der Waals surface area contributed by atoms with Gasteiger partial charge in [0.1, 0.15) is 0 Å². The Morgan fingerprint density at radius 1 is 1.00 bits per heavy atom. The average Bonchev–Trinajstić information content (AvgIpc) is 3.24. The number of ether oxygens (including phenoxy) is 2. The van der Waals surface area contributed by atoms with Crippen molar-refractivity contribution in [1.29, 1.82) is 0 Å². The van der Waals surface area contributed by atoms with Crippen molar-refractivity contribution < 1.29 is 24.2 Å². The minimum atomic E-state index is -0.875. The summed E-state index contributed by atoms with van der Waals surface area (Å²) in [5, 5.41) is 12.2. The van der Waals surface area contributed by atoms with Crippen LogP contribution in [0.25, 0.3) is 0 Å². The highest BCUT2D eigenvalue weighted by atomic mass is 16.5. The van der Waals surface area contributed by atoms with Crippen LogP contribution in [0.5, 0.6) is 11.5 Å². The van der Waals surface area contributed by atoms with Crippen LogP contribution in [-0.4, -0.2) is 31.2 Å². The normalized spacial score (nSPS) is 16.1. The van der Waals surface area contributed by atoms with Gasteiger partial charge in [0.15, 0.2) is 11.5 Å². The van der Waals surface area contributed by atoms with E-state index in [1.54, 1.807) is 45.4 Å². The molecule has 1 saturated carbocycles. The Labute approximate surface area is 170 Å². The molecule has 0 bridgehead atoms. The molecular weight excluding hydrogens is 370 g/mol. The molecular formula is C23H27NO5. The third kappa shape index (κ3) is 4.06. The van der Waals surface area contributed by atoms with Gasteiger partial charge in [0, 0.05) is 5.69 Å². The second kappa shape index (κ2) is 8.55. The smallest absolute Gasteiger partial charge is 0.310 e. The zero-order valence-electron chi connectivity index (χ0n) is 17.0. The lowest BCUT2D eigenvalue weighted by atomic mass is 9.77. The second-order valence-electron chi connectivity index (χ2n) is 7.50. The molecule has 154 valence electrons. The molecule has 2 aromatic carbocycles. The van der Waals surface area contributed by atoms with Gasteiger partial charge >= 0.3 is 5.97 Å². The van der Waals surface area contributed by atoms with Crippen molar-refractivity contribution in [2.24, 2.45) is 0 Å². The number of hydrogen-bond donors (Lipinski definition) is 2. The van der Waals surface area contributed by atoms with Crippen LogP contribution in [0, 0.1) is 0 Å². The van der Waals surface area contributed by atoms with Crippen molar-refractivity contribution in [2.45, 2.75) is 43.9 Å². The fourth-order valence-corrected chi connectivity index (χ4v) is 4.01. The van der Waals surface area contributed by atoms with Crippen molar-refractivity contribution in [1.82, 2.24) is 0 Å². The van der Waals surface area contributed by atoms with Crippen molar-refractivity contribution in [3.8, 4) is 11.5 Å². The highest BCUT2D eigenvalue weighted by molar-refractivity contribution is 5.99. The van der Waals surface area contributed by atoms with Crippen LogP contribution in [-0.2, 0) is 15.0 Å². The van der Waals surface area contributed by atoms with Crippen molar-refractivity contribution in [3.05, 3.63) is 53.6 Å². The summed E-state index contributed by atoms with van der Waals surface area (Å²) in [7, 11) is 3.17. The quantitative estimate of drug-likeness (QED) is 0.726. The number of carboxylic acid groups (broad SMARTS) is 1. The molecule has 0 saturated heterocycles. The van der Waals surface area contributed by atoms with Gasteiger partial charge in [0.2, 0.25) is 5.91 Å². The van der Waals surface area contributed by atoms with Crippen LogP contribution in [0.2, 0.25) is 0 Å². The number of anilines is 1. The maximum absolute atomic E-state index is 13.3. The van der Waals surface area contributed by atoms with E-state index in [1.165, 1.54) is 0 Å². The minimum Gasteiger partial charge on any atom is -0.493 e. The minimum absolute atomic E-state index is 0.0544. The molecule has 0 spiro atoms. The third-order valence-corrected chi connectivity index (χ3v) is 5.87. The van der Waals surface area contributed by atoms with E-state index in [0.29, 0.717) is 22.7 Å². The maximum Gasteiger partial charge on any atom is 0.310 e. The Balaban J connectivity index is 1.86. The van der Waals surface area contributed by atoms with Crippen LogP contribution in [0.4, 0.5) is 5.69 Å². The molecule has 1 unspecified atom stereocenters. The first-order valence-electron chi connectivity index (χ1n) is 9.78. The molecule has 1 aliphatic rings. The van der Waals surface area contributed by atoms with E-state index in [9.17, 15) is 9.59 Å². The van der Waals surface area contributed by atoms with Gasteiger partial charge in [-0.25, -0.2) is 0 Å². The molecule has 0 heterocycles. The van der Waals surface area contributed by atoms with E-state index in [2.05, 4.69) is 5.32 Å². The lowest BCUT2D eigenvalue weighted by molar-refractivity contribution is -0.138. The molecule has 1 atom stereocenters. The predicted molar refractivity (Wildman–Crippen MR) is 111 cm³/mol. The first kappa shape index (κ1) is 20.7. The summed E-state index contributed by atoms with van der Waals surface area (Å²) in [4.78, 5) is 24.5. The van der Waals surface area contributed by atoms with Crippen molar-refractivity contribution in [2.75, 3.05) is 19.5 Å². The fourth-order valence-electron chi connectivity index (χ4n) is 4.01.